The van der Waals surface area contributed by atoms with Gasteiger partial charge < -0.3 is 21.1 Å². The number of carbonyl (C=O) groups excluding carboxylic acids is 1. The van der Waals surface area contributed by atoms with Crippen molar-refractivity contribution in [2.45, 2.75) is 51.2 Å². The zero-order valence-corrected chi connectivity index (χ0v) is 19.0. The molecule has 1 saturated heterocycles. The number of rotatable bonds is 7. The lowest BCUT2D eigenvalue weighted by Crippen LogP contribution is -2.45. The highest BCUT2D eigenvalue weighted by molar-refractivity contribution is 14.0. The summed E-state index contributed by atoms with van der Waals surface area (Å²) < 4.78 is 0. The van der Waals surface area contributed by atoms with Crippen LogP contribution >= 0.6 is 24.0 Å². The summed E-state index contributed by atoms with van der Waals surface area (Å²) in [5.41, 5.74) is 0.284. The Balaban J connectivity index is 0.00000280. The molecule has 1 amide bonds. The Kier molecular flexibility index (Phi) is 8.81. The SMILES string of the molecule is CCNC(=NCCNC(=O)c1ccccc1O)NC1CC(C)N(C2CC2)C1.I. The number of nitrogens with zero attached hydrogens (tertiary/aromatic N) is 2. The predicted octanol–water partition coefficient (Wildman–Crippen LogP) is 1.92. The van der Waals surface area contributed by atoms with Crippen LogP contribution < -0.4 is 16.0 Å². The van der Waals surface area contributed by atoms with Crippen molar-refractivity contribution in [3.8, 4) is 5.75 Å². The fourth-order valence-corrected chi connectivity index (χ4v) is 3.69. The van der Waals surface area contributed by atoms with Crippen molar-refractivity contribution < 1.29 is 9.90 Å². The van der Waals surface area contributed by atoms with Gasteiger partial charge in [-0.05, 0) is 45.2 Å². The van der Waals surface area contributed by atoms with Gasteiger partial charge in [0.25, 0.3) is 5.91 Å². The number of para-hydroxylation sites is 1. The Morgan fingerprint density at radius 3 is 2.71 bits per heavy atom. The van der Waals surface area contributed by atoms with Crippen molar-refractivity contribution in [2.75, 3.05) is 26.2 Å². The van der Waals surface area contributed by atoms with Crippen molar-refractivity contribution in [2.24, 2.45) is 4.99 Å². The third-order valence-electron chi connectivity index (χ3n) is 5.14. The Hall–Kier alpha value is -1.55. The maximum Gasteiger partial charge on any atom is 0.255 e. The quantitative estimate of drug-likeness (QED) is 0.199. The van der Waals surface area contributed by atoms with E-state index in [2.05, 4.69) is 32.8 Å². The summed E-state index contributed by atoms with van der Waals surface area (Å²) in [6.07, 6.45) is 3.80. The van der Waals surface area contributed by atoms with E-state index in [-0.39, 0.29) is 41.2 Å². The number of aromatic hydroxyl groups is 1. The minimum atomic E-state index is -0.286. The van der Waals surface area contributed by atoms with E-state index in [1.54, 1.807) is 18.2 Å². The molecule has 2 aliphatic rings. The third kappa shape index (κ3) is 6.23. The molecule has 8 heteroatoms. The standard InChI is InChI=1S/C20H31N5O2.HI/c1-3-21-20(24-15-12-14(2)25(13-15)16-8-9-16)23-11-10-22-19(27)17-6-4-5-7-18(17)26;/h4-7,14-16,26H,3,8-13H2,1-2H3,(H,22,27)(H2,21,23,24);1H. The number of benzene rings is 1. The van der Waals surface area contributed by atoms with Crippen LogP contribution in [0.5, 0.6) is 5.75 Å². The van der Waals surface area contributed by atoms with E-state index in [0.717, 1.165) is 31.5 Å². The lowest BCUT2D eigenvalue weighted by atomic mass is 10.2. The molecule has 4 N–H and O–H groups in total. The van der Waals surface area contributed by atoms with E-state index in [0.29, 0.717) is 25.2 Å². The van der Waals surface area contributed by atoms with Gasteiger partial charge in [-0.25, -0.2) is 0 Å². The molecule has 0 aromatic heterocycles. The molecule has 1 aromatic carbocycles. The number of nitrogens with one attached hydrogen (secondary N) is 3. The van der Waals surface area contributed by atoms with Gasteiger partial charge in [0.15, 0.2) is 5.96 Å². The molecule has 3 rings (SSSR count). The van der Waals surface area contributed by atoms with Crippen molar-refractivity contribution in [1.29, 1.82) is 0 Å². The monoisotopic (exact) mass is 501 g/mol. The van der Waals surface area contributed by atoms with E-state index >= 15 is 0 Å². The second-order valence-corrected chi connectivity index (χ2v) is 7.39. The number of halogens is 1. The predicted molar refractivity (Wildman–Crippen MR) is 123 cm³/mol. The molecule has 0 bridgehead atoms. The van der Waals surface area contributed by atoms with Crippen LogP contribution in [-0.2, 0) is 0 Å². The van der Waals surface area contributed by atoms with Crippen LogP contribution in [0.1, 0.15) is 43.5 Å². The average Bonchev–Trinajstić information content (AvgIpc) is 3.42. The lowest BCUT2D eigenvalue weighted by molar-refractivity contribution is 0.0952. The van der Waals surface area contributed by atoms with E-state index in [1.165, 1.54) is 18.9 Å². The van der Waals surface area contributed by atoms with Crippen molar-refractivity contribution >= 4 is 35.8 Å². The highest BCUT2D eigenvalue weighted by Gasteiger charge is 2.38. The van der Waals surface area contributed by atoms with Crippen LogP contribution in [0, 0.1) is 0 Å². The van der Waals surface area contributed by atoms with E-state index in [1.807, 2.05) is 6.92 Å². The maximum absolute atomic E-state index is 12.1. The molecule has 2 unspecified atom stereocenters. The van der Waals surface area contributed by atoms with Gasteiger partial charge in [-0.1, -0.05) is 12.1 Å². The number of phenols is 1. The molecule has 7 nitrogen and oxygen atoms in total. The minimum Gasteiger partial charge on any atom is -0.507 e. The maximum atomic E-state index is 12.1. The van der Waals surface area contributed by atoms with Gasteiger partial charge >= 0.3 is 0 Å². The summed E-state index contributed by atoms with van der Waals surface area (Å²) in [7, 11) is 0. The van der Waals surface area contributed by atoms with Gasteiger partial charge in [0.05, 0.1) is 12.1 Å². The van der Waals surface area contributed by atoms with Gasteiger partial charge in [-0.2, -0.15) is 0 Å². The zero-order chi connectivity index (χ0) is 19.2. The van der Waals surface area contributed by atoms with Crippen molar-refractivity contribution in [3.63, 3.8) is 0 Å². The van der Waals surface area contributed by atoms with Crippen LogP contribution in [0.15, 0.2) is 29.3 Å². The van der Waals surface area contributed by atoms with Gasteiger partial charge in [0.1, 0.15) is 5.75 Å². The van der Waals surface area contributed by atoms with E-state index < -0.39 is 0 Å². The first-order chi connectivity index (χ1) is 13.1. The van der Waals surface area contributed by atoms with Gasteiger partial charge in [0, 0.05) is 37.8 Å². The van der Waals surface area contributed by atoms with Crippen molar-refractivity contribution in [3.05, 3.63) is 29.8 Å². The molecule has 2 fully saturated rings. The Morgan fingerprint density at radius 2 is 2.04 bits per heavy atom. The van der Waals surface area contributed by atoms with Gasteiger partial charge in [-0.15, -0.1) is 24.0 Å². The third-order valence-corrected chi connectivity index (χ3v) is 5.14. The smallest absolute Gasteiger partial charge is 0.255 e. The van der Waals surface area contributed by atoms with Crippen molar-refractivity contribution in [1.82, 2.24) is 20.9 Å². The van der Waals surface area contributed by atoms with Gasteiger partial charge in [0.2, 0.25) is 0 Å². The molecule has 28 heavy (non-hydrogen) atoms. The number of amides is 1. The summed E-state index contributed by atoms with van der Waals surface area (Å²) in [4.78, 5) is 19.3. The number of guanidine groups is 1. The molecule has 0 spiro atoms. The first-order valence-corrected chi connectivity index (χ1v) is 9.95. The van der Waals surface area contributed by atoms with Gasteiger partial charge in [-0.3, -0.25) is 14.7 Å². The van der Waals surface area contributed by atoms with E-state index in [4.69, 9.17) is 0 Å². The second-order valence-electron chi connectivity index (χ2n) is 7.39. The van der Waals surface area contributed by atoms with Crippen LogP contribution in [0.4, 0.5) is 0 Å². The normalized spacial score (nSPS) is 22.4. The summed E-state index contributed by atoms with van der Waals surface area (Å²) in [5.74, 6) is 0.499. The molecular formula is C20H32IN5O2. The first kappa shape index (κ1) is 22.7. The number of carbonyl (C=O) groups is 1. The number of aliphatic imine (C=N–C) groups is 1. The minimum absolute atomic E-state index is 0. The molecule has 156 valence electrons. The molecule has 1 aliphatic heterocycles. The van der Waals surface area contributed by atoms with Crippen LogP contribution in [0.25, 0.3) is 0 Å². The van der Waals surface area contributed by atoms with Crippen LogP contribution in [0.2, 0.25) is 0 Å². The molecule has 1 aliphatic carbocycles. The molecule has 1 saturated carbocycles. The van der Waals surface area contributed by atoms with Crippen LogP contribution in [0.3, 0.4) is 0 Å². The highest BCUT2D eigenvalue weighted by atomic mass is 127. The highest BCUT2D eigenvalue weighted by Crippen LogP contribution is 2.33. The topological polar surface area (TPSA) is 89.0 Å². The molecule has 1 heterocycles. The fraction of sp³-hybridized carbons (Fsp3) is 0.600. The second kappa shape index (κ2) is 10.8. The summed E-state index contributed by atoms with van der Waals surface area (Å²) in [6.45, 7) is 7.11. The zero-order valence-electron chi connectivity index (χ0n) is 16.6. The fourth-order valence-electron chi connectivity index (χ4n) is 3.69. The summed E-state index contributed by atoms with van der Waals surface area (Å²) in [6, 6.07) is 8.35. The lowest BCUT2D eigenvalue weighted by Gasteiger charge is -2.20. The van der Waals surface area contributed by atoms with Crippen LogP contribution in [-0.4, -0.2) is 66.2 Å². The van der Waals surface area contributed by atoms with E-state index in [9.17, 15) is 9.90 Å². The molecule has 0 radical (unpaired) electrons. The number of likely N-dealkylation sites (tertiary alicyclic amines) is 1. The number of phenolic OH excluding ortho intramolecular Hbond substituents is 1. The molecule has 2 atom stereocenters. The molecule has 1 aromatic rings. The largest absolute Gasteiger partial charge is 0.507 e. The summed E-state index contributed by atoms with van der Waals surface area (Å²) in [5, 5.41) is 19.3. The molecular weight excluding hydrogens is 469 g/mol. The Morgan fingerprint density at radius 1 is 1.29 bits per heavy atom. The number of hydrogen-bond donors (Lipinski definition) is 4. The Bertz CT molecular complexity index is 680. The average molecular weight is 501 g/mol. The first-order valence-electron chi connectivity index (χ1n) is 9.95. The number of hydrogen-bond acceptors (Lipinski definition) is 4. The Labute approximate surface area is 184 Å². The summed E-state index contributed by atoms with van der Waals surface area (Å²) >= 11 is 0.